The minimum atomic E-state index is -4.08. The summed E-state index contributed by atoms with van der Waals surface area (Å²) in [6, 6.07) is 10.9. The maximum absolute atomic E-state index is 12.6. The zero-order valence-corrected chi connectivity index (χ0v) is 15.4. The SMILES string of the molecule is CC(=O)Nc1ccc(NC(=O)[C@H](C)N2C(=O)c3ccccc3S2(=O)=O)cc1. The van der Waals surface area contributed by atoms with Crippen LogP contribution < -0.4 is 10.6 Å². The average molecular weight is 387 g/mol. The van der Waals surface area contributed by atoms with Gasteiger partial charge in [-0.3, -0.25) is 14.4 Å². The molecule has 140 valence electrons. The Morgan fingerprint density at radius 2 is 1.52 bits per heavy atom. The molecule has 1 atom stereocenters. The third-order valence-corrected chi connectivity index (χ3v) is 5.97. The van der Waals surface area contributed by atoms with Gasteiger partial charge in [0.25, 0.3) is 15.9 Å². The monoisotopic (exact) mass is 387 g/mol. The van der Waals surface area contributed by atoms with Crippen LogP contribution in [0.4, 0.5) is 11.4 Å². The summed E-state index contributed by atoms with van der Waals surface area (Å²) in [6.45, 7) is 2.73. The van der Waals surface area contributed by atoms with E-state index in [1.807, 2.05) is 0 Å². The number of sulfonamides is 1. The highest BCUT2D eigenvalue weighted by molar-refractivity contribution is 7.90. The number of nitrogens with one attached hydrogen (secondary N) is 2. The van der Waals surface area contributed by atoms with Crippen molar-refractivity contribution >= 4 is 39.1 Å². The molecule has 3 rings (SSSR count). The van der Waals surface area contributed by atoms with Gasteiger partial charge in [-0.1, -0.05) is 12.1 Å². The summed E-state index contributed by atoms with van der Waals surface area (Å²) in [7, 11) is -4.08. The van der Waals surface area contributed by atoms with Crippen LogP contribution in [0.1, 0.15) is 24.2 Å². The summed E-state index contributed by atoms with van der Waals surface area (Å²) < 4.78 is 25.8. The minimum Gasteiger partial charge on any atom is -0.326 e. The smallest absolute Gasteiger partial charge is 0.269 e. The Balaban J connectivity index is 1.78. The number of hydrogen-bond acceptors (Lipinski definition) is 5. The van der Waals surface area contributed by atoms with E-state index in [0.29, 0.717) is 15.7 Å². The standard InChI is InChI=1S/C18H17N3O5S/c1-11(17(23)20-14-9-7-13(8-10-14)19-12(2)22)21-18(24)15-5-3-4-6-16(15)27(21,25)26/h3-11H,1-2H3,(H,19,22)(H,20,23)/t11-/m0/s1. The van der Waals surface area contributed by atoms with Gasteiger partial charge in [0.1, 0.15) is 10.9 Å². The van der Waals surface area contributed by atoms with Crippen molar-refractivity contribution < 1.29 is 22.8 Å². The van der Waals surface area contributed by atoms with Crippen LogP contribution in [0.2, 0.25) is 0 Å². The normalized spacial score (nSPS) is 15.8. The fraction of sp³-hybridized carbons (Fsp3) is 0.167. The van der Waals surface area contributed by atoms with Gasteiger partial charge >= 0.3 is 0 Å². The first-order chi connectivity index (χ1) is 12.7. The molecule has 1 aliphatic rings. The zero-order valence-electron chi connectivity index (χ0n) is 14.6. The molecule has 1 aliphatic heterocycles. The van der Waals surface area contributed by atoms with Gasteiger partial charge in [-0.25, -0.2) is 12.7 Å². The molecule has 9 heteroatoms. The Morgan fingerprint density at radius 3 is 2.07 bits per heavy atom. The van der Waals surface area contributed by atoms with E-state index in [4.69, 9.17) is 0 Å². The number of amides is 3. The van der Waals surface area contributed by atoms with Crippen molar-refractivity contribution in [2.45, 2.75) is 24.8 Å². The molecule has 0 saturated heterocycles. The second-order valence-corrected chi connectivity index (χ2v) is 7.81. The second kappa shape index (κ2) is 6.84. The Morgan fingerprint density at radius 1 is 0.963 bits per heavy atom. The van der Waals surface area contributed by atoms with Gasteiger partial charge in [0.15, 0.2) is 0 Å². The molecular formula is C18H17N3O5S. The highest BCUT2D eigenvalue weighted by Crippen LogP contribution is 2.31. The predicted molar refractivity (Wildman–Crippen MR) is 98.6 cm³/mol. The molecule has 0 spiro atoms. The molecule has 0 fully saturated rings. The summed E-state index contributed by atoms with van der Waals surface area (Å²) in [6.07, 6.45) is 0. The Kier molecular flexibility index (Phi) is 4.71. The van der Waals surface area contributed by atoms with Crippen LogP contribution in [-0.2, 0) is 19.6 Å². The zero-order chi connectivity index (χ0) is 19.8. The van der Waals surface area contributed by atoms with Gasteiger partial charge in [0.2, 0.25) is 11.8 Å². The summed E-state index contributed by atoms with van der Waals surface area (Å²) in [5, 5.41) is 5.17. The van der Waals surface area contributed by atoms with Crippen LogP contribution in [-0.4, -0.2) is 36.5 Å². The number of hydrogen-bond donors (Lipinski definition) is 2. The van der Waals surface area contributed by atoms with Crippen molar-refractivity contribution in [2.24, 2.45) is 0 Å². The number of rotatable bonds is 4. The molecule has 0 aliphatic carbocycles. The van der Waals surface area contributed by atoms with Gasteiger partial charge < -0.3 is 10.6 Å². The van der Waals surface area contributed by atoms with E-state index >= 15 is 0 Å². The van der Waals surface area contributed by atoms with Gasteiger partial charge in [0, 0.05) is 18.3 Å². The van der Waals surface area contributed by atoms with E-state index in [0.717, 1.165) is 0 Å². The molecule has 0 saturated carbocycles. The van der Waals surface area contributed by atoms with E-state index in [-0.39, 0.29) is 16.4 Å². The number of benzene rings is 2. The van der Waals surface area contributed by atoms with Crippen LogP contribution in [0.3, 0.4) is 0 Å². The lowest BCUT2D eigenvalue weighted by Crippen LogP contribution is -2.45. The fourth-order valence-corrected chi connectivity index (χ4v) is 4.50. The summed E-state index contributed by atoms with van der Waals surface area (Å²) in [5.74, 6) is -1.60. The largest absolute Gasteiger partial charge is 0.326 e. The maximum Gasteiger partial charge on any atom is 0.269 e. The van der Waals surface area contributed by atoms with Crippen molar-refractivity contribution in [3.05, 3.63) is 54.1 Å². The molecule has 2 aromatic carbocycles. The summed E-state index contributed by atoms with van der Waals surface area (Å²) in [4.78, 5) is 35.9. The highest BCUT2D eigenvalue weighted by atomic mass is 32.2. The van der Waals surface area contributed by atoms with E-state index < -0.39 is 27.9 Å². The second-order valence-electron chi connectivity index (χ2n) is 6.03. The van der Waals surface area contributed by atoms with Crippen LogP contribution in [0, 0.1) is 0 Å². The lowest BCUT2D eigenvalue weighted by molar-refractivity contribution is -0.119. The summed E-state index contributed by atoms with van der Waals surface area (Å²) in [5.41, 5.74) is 1.01. The quantitative estimate of drug-likeness (QED) is 0.831. The first-order valence-corrected chi connectivity index (χ1v) is 9.52. The van der Waals surface area contributed by atoms with Crippen molar-refractivity contribution in [1.29, 1.82) is 0 Å². The fourth-order valence-electron chi connectivity index (χ4n) is 2.78. The van der Waals surface area contributed by atoms with Crippen LogP contribution >= 0.6 is 0 Å². The molecule has 0 bridgehead atoms. The minimum absolute atomic E-state index is 0.0526. The molecule has 27 heavy (non-hydrogen) atoms. The number of carbonyl (C=O) groups excluding carboxylic acids is 3. The predicted octanol–water partition coefficient (Wildman–Crippen LogP) is 1.82. The van der Waals surface area contributed by atoms with Crippen molar-refractivity contribution in [1.82, 2.24) is 4.31 Å². The Hall–Kier alpha value is -3.20. The first kappa shape index (κ1) is 18.6. The van der Waals surface area contributed by atoms with Crippen LogP contribution in [0.5, 0.6) is 0 Å². The number of carbonyl (C=O) groups is 3. The van der Waals surface area contributed by atoms with Gasteiger partial charge in [-0.15, -0.1) is 0 Å². The van der Waals surface area contributed by atoms with Crippen molar-refractivity contribution in [2.75, 3.05) is 10.6 Å². The molecule has 0 radical (unpaired) electrons. The average Bonchev–Trinajstić information content (AvgIpc) is 2.82. The molecule has 2 aromatic rings. The molecule has 2 N–H and O–H groups in total. The number of anilines is 2. The molecular weight excluding hydrogens is 370 g/mol. The van der Waals surface area contributed by atoms with E-state index in [1.54, 1.807) is 30.3 Å². The molecule has 3 amide bonds. The van der Waals surface area contributed by atoms with E-state index in [9.17, 15) is 22.8 Å². The van der Waals surface area contributed by atoms with Gasteiger partial charge in [-0.05, 0) is 43.3 Å². The summed E-state index contributed by atoms with van der Waals surface area (Å²) >= 11 is 0. The topological polar surface area (TPSA) is 113 Å². The van der Waals surface area contributed by atoms with Gasteiger partial charge in [0.05, 0.1) is 5.56 Å². The first-order valence-electron chi connectivity index (χ1n) is 8.08. The van der Waals surface area contributed by atoms with Gasteiger partial charge in [-0.2, -0.15) is 0 Å². The lowest BCUT2D eigenvalue weighted by atomic mass is 10.2. The lowest BCUT2D eigenvalue weighted by Gasteiger charge is -2.22. The Bertz CT molecular complexity index is 1030. The number of nitrogens with zero attached hydrogens (tertiary/aromatic N) is 1. The van der Waals surface area contributed by atoms with Crippen molar-refractivity contribution in [3.8, 4) is 0 Å². The van der Waals surface area contributed by atoms with E-state index in [1.165, 1.54) is 32.0 Å². The third-order valence-electron chi connectivity index (χ3n) is 4.06. The van der Waals surface area contributed by atoms with Crippen LogP contribution in [0.15, 0.2) is 53.4 Å². The third kappa shape index (κ3) is 3.41. The van der Waals surface area contributed by atoms with E-state index in [2.05, 4.69) is 10.6 Å². The molecule has 0 aromatic heterocycles. The van der Waals surface area contributed by atoms with Crippen LogP contribution in [0.25, 0.3) is 0 Å². The van der Waals surface area contributed by atoms with Crippen molar-refractivity contribution in [3.63, 3.8) is 0 Å². The Labute approximate surface area is 156 Å². The molecule has 0 unspecified atom stereocenters. The maximum atomic E-state index is 12.6. The highest BCUT2D eigenvalue weighted by Gasteiger charge is 2.45. The molecule has 1 heterocycles. The molecule has 8 nitrogen and oxygen atoms in total. The number of fused-ring (bicyclic) bond motifs is 1.